The summed E-state index contributed by atoms with van der Waals surface area (Å²) in [6, 6.07) is 9.05. The van der Waals surface area contributed by atoms with Gasteiger partial charge in [0.25, 0.3) is 5.91 Å². The molecule has 0 atom stereocenters. The molecule has 1 aromatic heterocycles. The van der Waals surface area contributed by atoms with Gasteiger partial charge in [-0.05, 0) is 47.9 Å². The molecule has 1 fully saturated rings. The van der Waals surface area contributed by atoms with E-state index in [2.05, 4.69) is 10.3 Å². The van der Waals surface area contributed by atoms with Gasteiger partial charge in [-0.15, -0.1) is 0 Å². The second-order valence-corrected chi connectivity index (χ2v) is 8.13. The summed E-state index contributed by atoms with van der Waals surface area (Å²) < 4.78 is 48.8. The topological polar surface area (TPSA) is 54.5 Å². The third kappa shape index (κ3) is 4.85. The van der Waals surface area contributed by atoms with Gasteiger partial charge >= 0.3 is 0 Å². The molecular formula is C25H24F3N3O2. The van der Waals surface area contributed by atoms with Gasteiger partial charge in [0, 0.05) is 30.4 Å². The molecule has 3 aromatic rings. The molecule has 2 aromatic carbocycles. The number of carbonyl (C=O) groups excluding carboxylic acids is 1. The second kappa shape index (κ2) is 9.62. The number of pyridine rings is 1. The van der Waals surface area contributed by atoms with Crippen molar-refractivity contribution in [3.8, 4) is 11.1 Å². The number of halogens is 3. The van der Waals surface area contributed by atoms with E-state index in [0.717, 1.165) is 23.8 Å². The number of rotatable bonds is 5. The summed E-state index contributed by atoms with van der Waals surface area (Å²) in [5, 5.41) is 2.71. The quantitative estimate of drug-likeness (QED) is 0.561. The van der Waals surface area contributed by atoms with Gasteiger partial charge in [0.1, 0.15) is 17.5 Å². The number of ether oxygens (including phenoxy) is 1. The van der Waals surface area contributed by atoms with Gasteiger partial charge in [-0.1, -0.05) is 19.9 Å². The minimum absolute atomic E-state index is 0.0298. The largest absolute Gasteiger partial charge is 0.378 e. The number of benzene rings is 2. The Balaban J connectivity index is 1.79. The lowest BCUT2D eigenvalue weighted by Gasteiger charge is -2.30. The van der Waals surface area contributed by atoms with Crippen LogP contribution in [-0.2, 0) is 4.74 Å². The van der Waals surface area contributed by atoms with Crippen molar-refractivity contribution < 1.29 is 22.7 Å². The molecule has 0 radical (unpaired) electrons. The maximum atomic E-state index is 14.7. The number of carbonyl (C=O) groups is 1. The number of nitrogens with zero attached hydrogens (tertiary/aromatic N) is 2. The van der Waals surface area contributed by atoms with Crippen molar-refractivity contribution >= 4 is 17.4 Å². The van der Waals surface area contributed by atoms with Crippen LogP contribution in [0.3, 0.4) is 0 Å². The maximum absolute atomic E-state index is 14.7. The van der Waals surface area contributed by atoms with Crippen LogP contribution in [0, 0.1) is 17.5 Å². The van der Waals surface area contributed by atoms with Crippen molar-refractivity contribution in [1.82, 2.24) is 4.98 Å². The van der Waals surface area contributed by atoms with Crippen molar-refractivity contribution in [3.63, 3.8) is 0 Å². The molecule has 8 heteroatoms. The van der Waals surface area contributed by atoms with Crippen molar-refractivity contribution in [3.05, 3.63) is 77.2 Å². The number of anilines is 2. The van der Waals surface area contributed by atoms with E-state index in [0.29, 0.717) is 32.1 Å². The molecule has 1 N–H and O–H groups in total. The first-order valence-corrected chi connectivity index (χ1v) is 10.7. The van der Waals surface area contributed by atoms with Crippen LogP contribution in [-0.4, -0.2) is 37.2 Å². The fourth-order valence-corrected chi connectivity index (χ4v) is 3.77. The molecule has 1 amide bonds. The van der Waals surface area contributed by atoms with Gasteiger partial charge < -0.3 is 15.0 Å². The van der Waals surface area contributed by atoms with E-state index in [1.165, 1.54) is 24.4 Å². The summed E-state index contributed by atoms with van der Waals surface area (Å²) in [6.45, 7) is 5.78. The number of hydrogen-bond acceptors (Lipinski definition) is 4. The molecule has 0 spiro atoms. The molecule has 0 aliphatic carbocycles. The number of hydrogen-bond donors (Lipinski definition) is 1. The van der Waals surface area contributed by atoms with E-state index in [1.54, 1.807) is 6.07 Å². The average molecular weight is 455 g/mol. The predicted molar refractivity (Wildman–Crippen MR) is 121 cm³/mol. The zero-order chi connectivity index (χ0) is 23.5. The summed E-state index contributed by atoms with van der Waals surface area (Å²) in [7, 11) is 0. The molecule has 172 valence electrons. The SMILES string of the molecule is CC(C)c1ccc(C(=O)Nc2c(-c3cc(F)ccc3F)ccnc2N2CCOCC2)c(F)c1. The van der Waals surface area contributed by atoms with Gasteiger partial charge in [0.15, 0.2) is 5.82 Å². The molecule has 0 unspecified atom stereocenters. The van der Waals surface area contributed by atoms with Crippen molar-refractivity contribution in [2.24, 2.45) is 0 Å². The Labute approximate surface area is 190 Å². The molecule has 0 saturated carbocycles. The standard InChI is InChI=1S/C25H24F3N3O2/c1-15(2)16-3-5-19(22(28)13-16)25(32)30-23-18(20-14-17(26)4-6-21(20)27)7-8-29-24(23)31-9-11-33-12-10-31/h3-8,13-15H,9-12H2,1-2H3,(H,30,32). The molecule has 1 saturated heterocycles. The highest BCUT2D eigenvalue weighted by atomic mass is 19.1. The van der Waals surface area contributed by atoms with Crippen LogP contribution < -0.4 is 10.2 Å². The summed E-state index contributed by atoms with van der Waals surface area (Å²) in [5.41, 5.74) is 1.01. The van der Waals surface area contributed by atoms with E-state index in [1.807, 2.05) is 18.7 Å². The number of aromatic nitrogens is 1. The van der Waals surface area contributed by atoms with Gasteiger partial charge in [-0.25, -0.2) is 18.2 Å². The van der Waals surface area contributed by atoms with Gasteiger partial charge in [0.2, 0.25) is 0 Å². The maximum Gasteiger partial charge on any atom is 0.258 e. The summed E-state index contributed by atoms with van der Waals surface area (Å²) in [6.07, 6.45) is 1.47. The second-order valence-electron chi connectivity index (χ2n) is 8.13. The van der Waals surface area contributed by atoms with E-state index < -0.39 is 23.4 Å². The highest BCUT2D eigenvalue weighted by molar-refractivity contribution is 6.08. The first-order valence-electron chi connectivity index (χ1n) is 10.7. The normalized spacial score (nSPS) is 13.9. The van der Waals surface area contributed by atoms with Crippen molar-refractivity contribution in [2.45, 2.75) is 19.8 Å². The Morgan fingerprint density at radius 3 is 2.45 bits per heavy atom. The van der Waals surface area contributed by atoms with Gasteiger partial charge in [-0.2, -0.15) is 0 Å². The average Bonchev–Trinajstić information content (AvgIpc) is 2.81. The lowest BCUT2D eigenvalue weighted by molar-refractivity contribution is 0.102. The zero-order valence-electron chi connectivity index (χ0n) is 18.4. The third-order valence-corrected chi connectivity index (χ3v) is 5.60. The molecule has 4 rings (SSSR count). The van der Waals surface area contributed by atoms with Crippen LogP contribution in [0.15, 0.2) is 48.7 Å². The van der Waals surface area contributed by atoms with Crippen LogP contribution in [0.2, 0.25) is 0 Å². The summed E-state index contributed by atoms with van der Waals surface area (Å²) in [5.74, 6) is -2.16. The predicted octanol–water partition coefficient (Wildman–Crippen LogP) is 5.38. The number of nitrogens with one attached hydrogen (secondary N) is 1. The lowest BCUT2D eigenvalue weighted by atomic mass is 10.0. The van der Waals surface area contributed by atoms with Gasteiger partial charge in [-0.3, -0.25) is 4.79 Å². The Kier molecular flexibility index (Phi) is 6.65. The lowest BCUT2D eigenvalue weighted by Crippen LogP contribution is -2.37. The summed E-state index contributed by atoms with van der Waals surface area (Å²) in [4.78, 5) is 19.4. The van der Waals surface area contributed by atoms with Crippen LogP contribution in [0.25, 0.3) is 11.1 Å². The fourth-order valence-electron chi connectivity index (χ4n) is 3.77. The monoisotopic (exact) mass is 455 g/mol. The fraction of sp³-hybridized carbons (Fsp3) is 0.280. The highest BCUT2D eigenvalue weighted by Crippen LogP contribution is 2.37. The molecule has 1 aliphatic heterocycles. The smallest absolute Gasteiger partial charge is 0.258 e. The summed E-state index contributed by atoms with van der Waals surface area (Å²) >= 11 is 0. The molecule has 0 bridgehead atoms. The van der Waals surface area contributed by atoms with Crippen LogP contribution >= 0.6 is 0 Å². The first-order chi connectivity index (χ1) is 15.8. The van der Waals surface area contributed by atoms with Gasteiger partial charge in [0.05, 0.1) is 24.5 Å². The molecule has 1 aliphatic rings. The van der Waals surface area contributed by atoms with Crippen molar-refractivity contribution in [1.29, 1.82) is 0 Å². The molecular weight excluding hydrogens is 431 g/mol. The number of morpholine rings is 1. The minimum Gasteiger partial charge on any atom is -0.378 e. The Hall–Kier alpha value is -3.39. The Morgan fingerprint density at radius 2 is 1.76 bits per heavy atom. The minimum atomic E-state index is -0.705. The Bertz CT molecular complexity index is 1180. The third-order valence-electron chi connectivity index (χ3n) is 5.60. The molecule has 5 nitrogen and oxygen atoms in total. The molecule has 2 heterocycles. The van der Waals surface area contributed by atoms with E-state index in [9.17, 15) is 18.0 Å². The van der Waals surface area contributed by atoms with Crippen LogP contribution in [0.4, 0.5) is 24.7 Å². The first kappa shape index (κ1) is 22.8. The van der Waals surface area contributed by atoms with Crippen LogP contribution in [0.1, 0.15) is 35.7 Å². The molecule has 33 heavy (non-hydrogen) atoms. The zero-order valence-corrected chi connectivity index (χ0v) is 18.4. The van der Waals surface area contributed by atoms with Crippen LogP contribution in [0.5, 0.6) is 0 Å². The highest BCUT2D eigenvalue weighted by Gasteiger charge is 2.24. The van der Waals surface area contributed by atoms with E-state index >= 15 is 0 Å². The van der Waals surface area contributed by atoms with Crippen molar-refractivity contribution in [2.75, 3.05) is 36.5 Å². The van der Waals surface area contributed by atoms with E-state index in [4.69, 9.17) is 4.74 Å². The van der Waals surface area contributed by atoms with E-state index in [-0.39, 0.29) is 28.3 Å². The Morgan fingerprint density at radius 1 is 1.00 bits per heavy atom. The number of amides is 1.